The predicted molar refractivity (Wildman–Crippen MR) is 85.5 cm³/mol. The summed E-state index contributed by atoms with van der Waals surface area (Å²) in [5, 5.41) is 11.1. The minimum absolute atomic E-state index is 0.583. The second kappa shape index (κ2) is 5.17. The maximum atomic E-state index is 10.4. The van der Waals surface area contributed by atoms with Crippen LogP contribution in [0.5, 0.6) is 0 Å². The fourth-order valence-electron chi connectivity index (χ4n) is 2.50. The average Bonchev–Trinajstić information content (AvgIpc) is 2.80. The fourth-order valence-corrected chi connectivity index (χ4v) is 2.70. The van der Waals surface area contributed by atoms with Crippen LogP contribution >= 0.6 is 11.6 Å². The summed E-state index contributed by atoms with van der Waals surface area (Å²) in [6.07, 6.45) is 0. The number of imidazole rings is 1. The van der Waals surface area contributed by atoms with E-state index < -0.39 is 5.60 Å². The second-order valence-electron chi connectivity index (χ2n) is 5.66. The number of rotatable bonds is 3. The van der Waals surface area contributed by atoms with Gasteiger partial charge in [0.1, 0.15) is 11.4 Å². The molecule has 0 spiro atoms. The number of fused-ring (bicyclic) bond motifs is 1. The minimum atomic E-state index is -1.01. The van der Waals surface area contributed by atoms with Gasteiger partial charge in [-0.1, -0.05) is 41.9 Å². The number of benzene rings is 2. The summed E-state index contributed by atoms with van der Waals surface area (Å²) in [6.45, 7) is 4.08. The van der Waals surface area contributed by atoms with E-state index in [0.717, 1.165) is 21.6 Å². The van der Waals surface area contributed by atoms with Gasteiger partial charge in [-0.15, -0.1) is 0 Å². The Labute approximate surface area is 128 Å². The van der Waals surface area contributed by atoms with Crippen LogP contribution < -0.4 is 0 Å². The summed E-state index contributed by atoms with van der Waals surface area (Å²) in [5.74, 6) is 0.642. The number of halogens is 1. The summed E-state index contributed by atoms with van der Waals surface area (Å²) >= 11 is 6.26. The largest absolute Gasteiger partial charge is 0.383 e. The summed E-state index contributed by atoms with van der Waals surface area (Å²) in [5.41, 5.74) is 1.87. The molecule has 3 rings (SSSR count). The topological polar surface area (TPSA) is 38.1 Å². The molecule has 0 aliphatic heterocycles. The molecule has 1 heterocycles. The smallest absolute Gasteiger partial charge is 0.141 e. The summed E-state index contributed by atoms with van der Waals surface area (Å²) in [7, 11) is 0. The van der Waals surface area contributed by atoms with Crippen molar-refractivity contribution in [2.45, 2.75) is 26.0 Å². The highest BCUT2D eigenvalue weighted by Gasteiger charge is 2.25. The fraction of sp³-hybridized carbons (Fsp3) is 0.235. The van der Waals surface area contributed by atoms with Gasteiger partial charge in [-0.25, -0.2) is 4.98 Å². The quantitative estimate of drug-likeness (QED) is 0.795. The number of para-hydroxylation sites is 2. The van der Waals surface area contributed by atoms with Crippen LogP contribution in [0.4, 0.5) is 0 Å². The van der Waals surface area contributed by atoms with Gasteiger partial charge in [0.15, 0.2) is 0 Å². The zero-order valence-corrected chi connectivity index (χ0v) is 12.8. The van der Waals surface area contributed by atoms with Crippen LogP contribution in [0.2, 0.25) is 5.02 Å². The zero-order chi connectivity index (χ0) is 15.0. The van der Waals surface area contributed by atoms with Gasteiger partial charge in [0.05, 0.1) is 17.6 Å². The lowest BCUT2D eigenvalue weighted by Crippen LogP contribution is -2.22. The van der Waals surface area contributed by atoms with Crippen molar-refractivity contribution in [1.82, 2.24) is 9.55 Å². The van der Waals surface area contributed by atoms with E-state index in [4.69, 9.17) is 11.6 Å². The van der Waals surface area contributed by atoms with E-state index >= 15 is 0 Å². The van der Waals surface area contributed by atoms with Crippen LogP contribution in [-0.2, 0) is 12.1 Å². The molecule has 0 bridgehead atoms. The standard InChI is InChI=1S/C17H17ClN2O/c1-17(2,21)16-19-14-9-5-6-10-15(14)20(16)11-12-7-3-4-8-13(12)18/h3-10,21H,11H2,1-2H3. The monoisotopic (exact) mass is 300 g/mol. The highest BCUT2D eigenvalue weighted by atomic mass is 35.5. The molecule has 3 aromatic rings. The summed E-state index contributed by atoms with van der Waals surface area (Å²) in [6, 6.07) is 15.6. The van der Waals surface area contributed by atoms with E-state index in [1.165, 1.54) is 0 Å². The van der Waals surface area contributed by atoms with Gasteiger partial charge in [0.2, 0.25) is 0 Å². The van der Waals surface area contributed by atoms with Gasteiger partial charge < -0.3 is 9.67 Å². The highest BCUT2D eigenvalue weighted by Crippen LogP contribution is 2.27. The lowest BCUT2D eigenvalue weighted by molar-refractivity contribution is 0.0657. The van der Waals surface area contributed by atoms with Crippen molar-refractivity contribution in [2.75, 3.05) is 0 Å². The predicted octanol–water partition coefficient (Wildman–Crippen LogP) is 3.97. The van der Waals surface area contributed by atoms with Gasteiger partial charge in [-0.2, -0.15) is 0 Å². The van der Waals surface area contributed by atoms with Crippen molar-refractivity contribution in [3.05, 3.63) is 64.9 Å². The van der Waals surface area contributed by atoms with Crippen LogP contribution in [0.15, 0.2) is 48.5 Å². The molecular weight excluding hydrogens is 284 g/mol. The molecule has 0 atom stereocenters. The van der Waals surface area contributed by atoms with Gasteiger partial charge in [0, 0.05) is 5.02 Å². The molecule has 4 heteroatoms. The lowest BCUT2D eigenvalue weighted by atomic mass is 10.1. The molecule has 0 aliphatic rings. The van der Waals surface area contributed by atoms with Crippen molar-refractivity contribution in [3.63, 3.8) is 0 Å². The molecule has 1 N–H and O–H groups in total. The molecule has 0 fully saturated rings. The van der Waals surface area contributed by atoms with E-state index in [1.807, 2.05) is 53.1 Å². The molecule has 21 heavy (non-hydrogen) atoms. The first-order valence-electron chi connectivity index (χ1n) is 6.88. The first-order chi connectivity index (χ1) is 9.97. The third-order valence-corrected chi connectivity index (χ3v) is 3.86. The molecule has 0 aliphatic carbocycles. The Hall–Kier alpha value is -1.84. The van der Waals surface area contributed by atoms with Gasteiger partial charge >= 0.3 is 0 Å². The molecule has 108 valence electrons. The number of hydrogen-bond donors (Lipinski definition) is 1. The van der Waals surface area contributed by atoms with Crippen LogP contribution in [0.1, 0.15) is 25.2 Å². The Morgan fingerprint density at radius 2 is 1.76 bits per heavy atom. The SMILES string of the molecule is CC(C)(O)c1nc2ccccc2n1Cc1ccccc1Cl. The molecule has 0 radical (unpaired) electrons. The Bertz CT molecular complexity index is 787. The first-order valence-corrected chi connectivity index (χ1v) is 7.26. The van der Waals surface area contributed by atoms with Gasteiger partial charge in [-0.05, 0) is 37.6 Å². The second-order valence-corrected chi connectivity index (χ2v) is 6.07. The van der Waals surface area contributed by atoms with Crippen LogP contribution in [0.3, 0.4) is 0 Å². The Kier molecular flexibility index (Phi) is 3.47. The minimum Gasteiger partial charge on any atom is -0.383 e. The van der Waals surface area contributed by atoms with Crippen LogP contribution in [0.25, 0.3) is 11.0 Å². The molecule has 0 saturated heterocycles. The van der Waals surface area contributed by atoms with Crippen molar-refractivity contribution >= 4 is 22.6 Å². The van der Waals surface area contributed by atoms with E-state index in [-0.39, 0.29) is 0 Å². The third kappa shape index (κ3) is 2.67. The van der Waals surface area contributed by atoms with Gasteiger partial charge in [-0.3, -0.25) is 0 Å². The lowest BCUT2D eigenvalue weighted by Gasteiger charge is -2.19. The molecule has 1 aromatic heterocycles. The van der Waals surface area contributed by atoms with Gasteiger partial charge in [0.25, 0.3) is 0 Å². The van der Waals surface area contributed by atoms with E-state index in [0.29, 0.717) is 12.4 Å². The van der Waals surface area contributed by atoms with E-state index in [2.05, 4.69) is 4.98 Å². The van der Waals surface area contributed by atoms with E-state index in [9.17, 15) is 5.11 Å². The molecular formula is C17H17ClN2O. The average molecular weight is 301 g/mol. The number of hydrogen-bond acceptors (Lipinski definition) is 2. The highest BCUT2D eigenvalue weighted by molar-refractivity contribution is 6.31. The number of nitrogens with zero attached hydrogens (tertiary/aromatic N) is 2. The summed E-state index contributed by atoms with van der Waals surface area (Å²) in [4.78, 5) is 4.58. The van der Waals surface area contributed by atoms with Crippen molar-refractivity contribution in [3.8, 4) is 0 Å². The Morgan fingerprint density at radius 1 is 1.10 bits per heavy atom. The third-order valence-electron chi connectivity index (χ3n) is 3.49. The molecule has 2 aromatic carbocycles. The maximum Gasteiger partial charge on any atom is 0.141 e. The van der Waals surface area contributed by atoms with Crippen molar-refractivity contribution in [1.29, 1.82) is 0 Å². The Balaban J connectivity index is 2.18. The molecule has 3 nitrogen and oxygen atoms in total. The van der Waals surface area contributed by atoms with Crippen LogP contribution in [0, 0.1) is 0 Å². The number of aliphatic hydroxyl groups is 1. The van der Waals surface area contributed by atoms with Crippen LogP contribution in [-0.4, -0.2) is 14.7 Å². The molecule has 0 amide bonds. The number of aromatic nitrogens is 2. The Morgan fingerprint density at radius 3 is 2.48 bits per heavy atom. The molecule has 0 saturated carbocycles. The maximum absolute atomic E-state index is 10.4. The first kappa shape index (κ1) is 14.1. The molecule has 0 unspecified atom stereocenters. The van der Waals surface area contributed by atoms with E-state index in [1.54, 1.807) is 13.8 Å². The summed E-state index contributed by atoms with van der Waals surface area (Å²) < 4.78 is 2.02. The zero-order valence-electron chi connectivity index (χ0n) is 12.0. The van der Waals surface area contributed by atoms with Crippen molar-refractivity contribution in [2.24, 2.45) is 0 Å². The normalized spacial score (nSPS) is 12.0. The van der Waals surface area contributed by atoms with Crippen molar-refractivity contribution < 1.29 is 5.11 Å².